The van der Waals surface area contributed by atoms with Gasteiger partial charge in [0.25, 0.3) is 5.91 Å². The molecule has 0 aliphatic carbocycles. The van der Waals surface area contributed by atoms with E-state index in [0.29, 0.717) is 17.6 Å². The van der Waals surface area contributed by atoms with Gasteiger partial charge in [0.05, 0.1) is 11.9 Å². The second kappa shape index (κ2) is 5.90. The molecule has 3 nitrogen and oxygen atoms in total. The van der Waals surface area contributed by atoms with Crippen molar-refractivity contribution in [1.82, 2.24) is 4.90 Å². The zero-order valence-electron chi connectivity index (χ0n) is 9.31. The zero-order chi connectivity index (χ0) is 12.0. The van der Waals surface area contributed by atoms with Crippen LogP contribution in [0.25, 0.3) is 0 Å². The molecule has 4 heteroatoms. The molecule has 0 N–H and O–H groups in total. The Hall–Kier alpha value is -1.84. The minimum Gasteiger partial charge on any atom is -0.489 e. The fourth-order valence-corrected chi connectivity index (χ4v) is 1.18. The summed E-state index contributed by atoms with van der Waals surface area (Å²) in [6, 6.07) is 6.88. The van der Waals surface area contributed by atoms with Gasteiger partial charge in [0.1, 0.15) is 12.4 Å². The number of rotatable bonds is 4. The first kappa shape index (κ1) is 12.2. The van der Waals surface area contributed by atoms with Gasteiger partial charge in [-0.15, -0.1) is 0 Å². The highest BCUT2D eigenvalue weighted by Gasteiger charge is 2.12. The lowest BCUT2D eigenvalue weighted by Gasteiger charge is -2.13. The lowest BCUT2D eigenvalue weighted by atomic mass is 10.2. The number of amides is 1. The van der Waals surface area contributed by atoms with Crippen molar-refractivity contribution in [2.24, 2.45) is 0 Å². The fraction of sp³-hybridized carbons (Fsp3) is 0.250. The lowest BCUT2D eigenvalue weighted by Crippen LogP contribution is -2.22. The third kappa shape index (κ3) is 3.08. The van der Waals surface area contributed by atoms with E-state index in [1.54, 1.807) is 38.4 Å². The quantitative estimate of drug-likeness (QED) is 0.783. The maximum absolute atomic E-state index is 11.8. The Morgan fingerprint density at radius 1 is 1.44 bits per heavy atom. The van der Waals surface area contributed by atoms with E-state index in [1.807, 2.05) is 0 Å². The summed E-state index contributed by atoms with van der Waals surface area (Å²) in [5.41, 5.74) is 0.472. The minimum atomic E-state index is -0.139. The molecule has 0 aliphatic rings. The van der Waals surface area contributed by atoms with Crippen LogP contribution in [-0.2, 0) is 0 Å². The topological polar surface area (TPSA) is 29.5 Å². The second-order valence-electron chi connectivity index (χ2n) is 3.37. The van der Waals surface area contributed by atoms with E-state index < -0.39 is 0 Å². The number of para-hydroxylation sites is 1. The van der Waals surface area contributed by atoms with Gasteiger partial charge in [0.2, 0.25) is 0 Å². The molecule has 16 heavy (non-hydrogen) atoms. The molecule has 86 valence electrons. The Labute approximate surface area is 94.1 Å². The molecule has 0 atom stereocenters. The van der Waals surface area contributed by atoms with Crippen molar-refractivity contribution in [3.63, 3.8) is 0 Å². The highest BCUT2D eigenvalue weighted by atomic mass is 19.1. The molecule has 0 aromatic heterocycles. The first-order valence-electron chi connectivity index (χ1n) is 4.85. The van der Waals surface area contributed by atoms with Crippen LogP contribution in [0.15, 0.2) is 36.7 Å². The first-order valence-corrected chi connectivity index (χ1v) is 4.85. The molecule has 1 rings (SSSR count). The molecule has 0 bridgehead atoms. The smallest absolute Gasteiger partial charge is 0.257 e. The van der Waals surface area contributed by atoms with Gasteiger partial charge in [-0.2, -0.15) is 0 Å². The molecular formula is C12H14FNO2. The predicted octanol–water partition coefficient (Wildman–Crippen LogP) is 2.25. The number of halogens is 1. The summed E-state index contributed by atoms with van der Waals surface area (Å²) in [5, 5.41) is 0. The van der Waals surface area contributed by atoms with Gasteiger partial charge >= 0.3 is 0 Å². The van der Waals surface area contributed by atoms with Crippen molar-refractivity contribution in [3.05, 3.63) is 42.2 Å². The van der Waals surface area contributed by atoms with Crippen LogP contribution < -0.4 is 4.74 Å². The maximum Gasteiger partial charge on any atom is 0.257 e. The van der Waals surface area contributed by atoms with Crippen molar-refractivity contribution in [2.45, 2.75) is 0 Å². The van der Waals surface area contributed by atoms with Gasteiger partial charge < -0.3 is 9.64 Å². The number of carbonyl (C=O) groups excluding carboxylic acids is 1. The van der Waals surface area contributed by atoms with Crippen LogP contribution in [0, 0.1) is 0 Å². The van der Waals surface area contributed by atoms with Crippen molar-refractivity contribution < 1.29 is 13.9 Å². The number of hydrogen-bond donors (Lipinski definition) is 0. The Morgan fingerprint density at radius 3 is 2.75 bits per heavy atom. The summed E-state index contributed by atoms with van der Waals surface area (Å²) < 4.78 is 17.0. The molecule has 0 heterocycles. The van der Waals surface area contributed by atoms with Crippen molar-refractivity contribution in [2.75, 3.05) is 20.7 Å². The standard InChI is InChI=1S/C12H14FNO2/c1-14(2)12(15)10-6-3-4-7-11(10)16-9-5-8-13/h3-8H,9H2,1-2H3. The van der Waals surface area contributed by atoms with Crippen LogP contribution in [0.2, 0.25) is 0 Å². The van der Waals surface area contributed by atoms with Gasteiger partial charge in [-0.05, 0) is 18.2 Å². The van der Waals surface area contributed by atoms with Crippen molar-refractivity contribution in [3.8, 4) is 5.75 Å². The van der Waals surface area contributed by atoms with E-state index in [4.69, 9.17) is 4.74 Å². The minimum absolute atomic E-state index is 0.105. The molecule has 0 radical (unpaired) electrons. The number of hydrogen-bond acceptors (Lipinski definition) is 2. The molecule has 1 amide bonds. The Bertz CT molecular complexity index is 388. The average Bonchev–Trinajstić information content (AvgIpc) is 2.29. The molecule has 0 spiro atoms. The zero-order valence-corrected chi connectivity index (χ0v) is 9.31. The van der Waals surface area contributed by atoms with Gasteiger partial charge in [0, 0.05) is 14.1 Å². The Balaban J connectivity index is 2.87. The number of nitrogens with zero attached hydrogens (tertiary/aromatic N) is 1. The maximum atomic E-state index is 11.8. The van der Waals surface area contributed by atoms with Crippen LogP contribution in [0.5, 0.6) is 5.75 Å². The average molecular weight is 223 g/mol. The predicted molar refractivity (Wildman–Crippen MR) is 60.2 cm³/mol. The highest BCUT2D eigenvalue weighted by molar-refractivity contribution is 5.96. The van der Waals surface area contributed by atoms with Gasteiger partial charge in [-0.1, -0.05) is 12.1 Å². The van der Waals surface area contributed by atoms with E-state index >= 15 is 0 Å². The van der Waals surface area contributed by atoms with Crippen LogP contribution >= 0.6 is 0 Å². The summed E-state index contributed by atoms with van der Waals surface area (Å²) in [5.74, 6) is 0.319. The third-order valence-corrected chi connectivity index (χ3v) is 1.95. The van der Waals surface area contributed by atoms with E-state index in [0.717, 1.165) is 0 Å². The molecule has 0 aliphatic heterocycles. The molecule has 0 fully saturated rings. The van der Waals surface area contributed by atoms with Gasteiger partial charge in [-0.25, -0.2) is 4.39 Å². The Morgan fingerprint density at radius 2 is 2.12 bits per heavy atom. The van der Waals surface area contributed by atoms with Crippen molar-refractivity contribution in [1.29, 1.82) is 0 Å². The molecule has 1 aromatic rings. The molecule has 1 aromatic carbocycles. The van der Waals surface area contributed by atoms with Gasteiger partial charge in [0.15, 0.2) is 0 Å². The van der Waals surface area contributed by atoms with E-state index in [-0.39, 0.29) is 12.5 Å². The largest absolute Gasteiger partial charge is 0.489 e. The Kier molecular flexibility index (Phi) is 4.51. The summed E-state index contributed by atoms with van der Waals surface area (Å²) in [6.07, 6.45) is 1.65. The molecular weight excluding hydrogens is 209 g/mol. The second-order valence-corrected chi connectivity index (χ2v) is 3.37. The lowest BCUT2D eigenvalue weighted by molar-refractivity contribution is 0.0824. The third-order valence-electron chi connectivity index (χ3n) is 1.95. The van der Waals surface area contributed by atoms with E-state index in [1.165, 1.54) is 11.0 Å². The molecule has 0 saturated heterocycles. The SMILES string of the molecule is CN(C)C(=O)c1ccccc1OCC=CF. The number of benzene rings is 1. The van der Waals surface area contributed by atoms with Crippen LogP contribution in [0.3, 0.4) is 0 Å². The fourth-order valence-electron chi connectivity index (χ4n) is 1.18. The van der Waals surface area contributed by atoms with Gasteiger partial charge in [-0.3, -0.25) is 4.79 Å². The normalized spacial score (nSPS) is 10.4. The molecule has 0 saturated carbocycles. The monoisotopic (exact) mass is 223 g/mol. The van der Waals surface area contributed by atoms with Crippen LogP contribution in [-0.4, -0.2) is 31.5 Å². The summed E-state index contributed by atoms with van der Waals surface area (Å²) in [7, 11) is 3.33. The first-order chi connectivity index (χ1) is 7.66. The summed E-state index contributed by atoms with van der Waals surface area (Å²) in [4.78, 5) is 13.2. The van der Waals surface area contributed by atoms with Crippen molar-refractivity contribution >= 4 is 5.91 Å². The van der Waals surface area contributed by atoms with E-state index in [9.17, 15) is 9.18 Å². The number of ether oxygens (including phenoxy) is 1. The van der Waals surface area contributed by atoms with Crippen LogP contribution in [0.4, 0.5) is 4.39 Å². The summed E-state index contributed by atoms with van der Waals surface area (Å²) >= 11 is 0. The molecule has 0 unspecified atom stereocenters. The van der Waals surface area contributed by atoms with Crippen LogP contribution in [0.1, 0.15) is 10.4 Å². The van der Waals surface area contributed by atoms with E-state index in [2.05, 4.69) is 0 Å². The highest BCUT2D eigenvalue weighted by Crippen LogP contribution is 2.19. The number of carbonyl (C=O) groups is 1. The summed E-state index contributed by atoms with van der Waals surface area (Å²) in [6.45, 7) is 0.105.